The van der Waals surface area contributed by atoms with Crippen LogP contribution in [0.1, 0.15) is 18.9 Å². The number of rotatable bonds is 3. The first-order valence-electron chi connectivity index (χ1n) is 5.74. The first kappa shape index (κ1) is 9.64. The number of pyridine rings is 1. The Morgan fingerprint density at radius 2 is 2.31 bits per heavy atom. The van der Waals surface area contributed by atoms with Crippen LogP contribution in [0.5, 0.6) is 0 Å². The van der Waals surface area contributed by atoms with Gasteiger partial charge in [-0.2, -0.15) is 0 Å². The summed E-state index contributed by atoms with van der Waals surface area (Å²) in [5.41, 5.74) is 2.63. The van der Waals surface area contributed by atoms with E-state index in [0.29, 0.717) is 12.5 Å². The molecule has 2 aliphatic rings. The topological polar surface area (TPSA) is 22.1 Å². The smallest absolute Gasteiger partial charge is 0.114 e. The maximum absolute atomic E-state index is 5.85. The third-order valence-electron chi connectivity index (χ3n) is 3.38. The van der Waals surface area contributed by atoms with E-state index in [4.69, 9.17) is 4.74 Å². The fourth-order valence-corrected chi connectivity index (χ4v) is 2.28. The van der Waals surface area contributed by atoms with E-state index in [9.17, 15) is 0 Å². The van der Waals surface area contributed by atoms with Gasteiger partial charge in [-0.1, -0.05) is 17.7 Å². The van der Waals surface area contributed by atoms with Crippen molar-refractivity contribution in [3.05, 3.63) is 53.6 Å². The molecule has 0 N–H and O–H groups in total. The van der Waals surface area contributed by atoms with Gasteiger partial charge < -0.3 is 4.74 Å². The summed E-state index contributed by atoms with van der Waals surface area (Å²) in [5, 5.41) is 0. The first-order valence-corrected chi connectivity index (χ1v) is 5.74. The van der Waals surface area contributed by atoms with Crippen molar-refractivity contribution < 1.29 is 4.74 Å². The van der Waals surface area contributed by atoms with Crippen molar-refractivity contribution in [2.75, 3.05) is 0 Å². The van der Waals surface area contributed by atoms with Crippen molar-refractivity contribution in [1.29, 1.82) is 0 Å². The van der Waals surface area contributed by atoms with Gasteiger partial charge in [0.15, 0.2) is 0 Å². The van der Waals surface area contributed by atoms with E-state index < -0.39 is 0 Å². The molecule has 0 saturated heterocycles. The average molecular weight is 213 g/mol. The van der Waals surface area contributed by atoms with Gasteiger partial charge in [-0.15, -0.1) is 0 Å². The van der Waals surface area contributed by atoms with Gasteiger partial charge in [-0.25, -0.2) is 0 Å². The van der Waals surface area contributed by atoms with Crippen molar-refractivity contribution in [3.63, 3.8) is 0 Å². The van der Waals surface area contributed by atoms with Crippen molar-refractivity contribution in [2.24, 2.45) is 11.8 Å². The van der Waals surface area contributed by atoms with Crippen molar-refractivity contribution >= 4 is 0 Å². The molecule has 16 heavy (non-hydrogen) atoms. The number of aromatic nitrogens is 1. The molecule has 2 atom stereocenters. The highest BCUT2D eigenvalue weighted by Gasteiger charge is 2.43. The lowest BCUT2D eigenvalue weighted by molar-refractivity contribution is 0.180. The van der Waals surface area contributed by atoms with Gasteiger partial charge in [0.2, 0.25) is 0 Å². The monoisotopic (exact) mass is 213 g/mol. The summed E-state index contributed by atoms with van der Waals surface area (Å²) in [4.78, 5) is 4.08. The zero-order valence-electron chi connectivity index (χ0n) is 9.39. The van der Waals surface area contributed by atoms with Gasteiger partial charge in [0, 0.05) is 23.9 Å². The predicted octanol–water partition coefficient (Wildman–Crippen LogP) is 3.08. The standard InChI is InChI=1S/C14H15NO/c1-10-4-5-14(13-7-12(10)13)16-9-11-3-2-6-15-8-11/h2-6,8,12-13H,7,9H2,1H3. The van der Waals surface area contributed by atoms with Gasteiger partial charge in [-0.3, -0.25) is 4.98 Å². The van der Waals surface area contributed by atoms with Crippen molar-refractivity contribution in [3.8, 4) is 0 Å². The van der Waals surface area contributed by atoms with Crippen LogP contribution in [0, 0.1) is 11.8 Å². The fourth-order valence-electron chi connectivity index (χ4n) is 2.28. The lowest BCUT2D eigenvalue weighted by Crippen LogP contribution is -2.01. The Balaban J connectivity index is 1.65. The summed E-state index contributed by atoms with van der Waals surface area (Å²) < 4.78 is 5.85. The highest BCUT2D eigenvalue weighted by atomic mass is 16.5. The number of hydrogen-bond donors (Lipinski definition) is 0. The van der Waals surface area contributed by atoms with E-state index in [0.717, 1.165) is 17.2 Å². The molecule has 2 aliphatic carbocycles. The normalized spacial score (nSPS) is 26.6. The van der Waals surface area contributed by atoms with Crippen molar-refractivity contribution in [2.45, 2.75) is 20.0 Å². The quantitative estimate of drug-likeness (QED) is 0.769. The second kappa shape index (κ2) is 3.78. The summed E-state index contributed by atoms with van der Waals surface area (Å²) in [6, 6.07) is 3.99. The highest BCUT2D eigenvalue weighted by Crippen LogP contribution is 2.51. The molecule has 0 aromatic carbocycles. The van der Waals surface area contributed by atoms with Crippen LogP contribution in [0.15, 0.2) is 48.0 Å². The van der Waals surface area contributed by atoms with E-state index in [1.807, 2.05) is 18.3 Å². The van der Waals surface area contributed by atoms with Gasteiger partial charge in [0.05, 0.1) is 0 Å². The molecule has 1 heterocycles. The molecule has 2 nitrogen and oxygen atoms in total. The third kappa shape index (κ3) is 1.75. The minimum absolute atomic E-state index is 0.635. The van der Waals surface area contributed by atoms with E-state index >= 15 is 0 Å². The van der Waals surface area contributed by atoms with Crippen LogP contribution in [0.2, 0.25) is 0 Å². The van der Waals surface area contributed by atoms with Crippen LogP contribution in [0.25, 0.3) is 0 Å². The van der Waals surface area contributed by atoms with Gasteiger partial charge in [0.25, 0.3) is 0 Å². The Labute approximate surface area is 95.7 Å². The average Bonchev–Trinajstić information content (AvgIpc) is 3.11. The summed E-state index contributed by atoms with van der Waals surface area (Å²) in [6.07, 6.45) is 9.22. The predicted molar refractivity (Wildman–Crippen MR) is 62.5 cm³/mol. The molecule has 1 fully saturated rings. The molecule has 1 aromatic rings. The van der Waals surface area contributed by atoms with Gasteiger partial charge >= 0.3 is 0 Å². The summed E-state index contributed by atoms with van der Waals surface area (Å²) >= 11 is 0. The lowest BCUT2D eigenvalue weighted by atomic mass is 10.1. The molecular formula is C14H15NO. The molecule has 2 heteroatoms. The summed E-state index contributed by atoms with van der Waals surface area (Å²) in [5.74, 6) is 2.56. The Morgan fingerprint density at radius 1 is 1.38 bits per heavy atom. The van der Waals surface area contributed by atoms with E-state index in [2.05, 4.69) is 24.1 Å². The molecule has 2 unspecified atom stereocenters. The molecule has 1 aromatic heterocycles. The van der Waals surface area contributed by atoms with Gasteiger partial charge in [0.1, 0.15) is 12.4 Å². The van der Waals surface area contributed by atoms with Crippen LogP contribution >= 0.6 is 0 Å². The number of fused-ring (bicyclic) bond motifs is 1. The molecule has 0 bridgehead atoms. The van der Waals surface area contributed by atoms with Crippen LogP contribution in [0.3, 0.4) is 0 Å². The lowest BCUT2D eigenvalue weighted by Gasteiger charge is -2.13. The fraction of sp³-hybridized carbons (Fsp3) is 0.357. The molecule has 0 spiro atoms. The number of nitrogens with zero attached hydrogens (tertiary/aromatic N) is 1. The molecule has 0 radical (unpaired) electrons. The molecule has 1 saturated carbocycles. The van der Waals surface area contributed by atoms with Crippen molar-refractivity contribution in [1.82, 2.24) is 4.98 Å². The maximum Gasteiger partial charge on any atom is 0.114 e. The third-order valence-corrected chi connectivity index (χ3v) is 3.38. The van der Waals surface area contributed by atoms with Gasteiger partial charge in [-0.05, 0) is 31.4 Å². The minimum atomic E-state index is 0.635. The Kier molecular flexibility index (Phi) is 2.28. The van der Waals surface area contributed by atoms with E-state index in [1.165, 1.54) is 12.0 Å². The summed E-state index contributed by atoms with van der Waals surface area (Å²) in [6.45, 7) is 2.84. The van der Waals surface area contributed by atoms with E-state index in [-0.39, 0.29) is 0 Å². The van der Waals surface area contributed by atoms with Crippen LogP contribution in [-0.2, 0) is 11.3 Å². The molecule has 0 aliphatic heterocycles. The Morgan fingerprint density at radius 3 is 3.12 bits per heavy atom. The largest absolute Gasteiger partial charge is 0.493 e. The zero-order valence-corrected chi connectivity index (χ0v) is 9.39. The zero-order chi connectivity index (χ0) is 11.0. The van der Waals surface area contributed by atoms with Crippen LogP contribution in [0.4, 0.5) is 0 Å². The Hall–Kier alpha value is -1.57. The molecule has 82 valence electrons. The Bertz CT molecular complexity index is 447. The molecule has 0 amide bonds. The first-order chi connectivity index (χ1) is 7.84. The molecule has 3 rings (SSSR count). The maximum atomic E-state index is 5.85. The van der Waals surface area contributed by atoms with Crippen LogP contribution < -0.4 is 0 Å². The minimum Gasteiger partial charge on any atom is -0.493 e. The number of allylic oxidation sites excluding steroid dienone is 4. The summed E-state index contributed by atoms with van der Waals surface area (Å²) in [7, 11) is 0. The molecular weight excluding hydrogens is 198 g/mol. The SMILES string of the molecule is CC1=CC=C(OCc2cccnc2)C2CC12. The van der Waals surface area contributed by atoms with E-state index in [1.54, 1.807) is 6.20 Å². The number of hydrogen-bond acceptors (Lipinski definition) is 2. The highest BCUT2D eigenvalue weighted by molar-refractivity contribution is 5.32. The second-order valence-corrected chi connectivity index (χ2v) is 4.58. The second-order valence-electron chi connectivity index (χ2n) is 4.58. The number of ether oxygens (including phenoxy) is 1. The van der Waals surface area contributed by atoms with Crippen LogP contribution in [-0.4, -0.2) is 4.98 Å².